The molecule has 4 nitrogen and oxygen atoms in total. The molecule has 0 fully saturated rings. The van der Waals surface area contributed by atoms with E-state index in [1.807, 2.05) is 32.2 Å². The number of ether oxygens (including phenoxy) is 1. The zero-order valence-corrected chi connectivity index (χ0v) is 10.8. The van der Waals surface area contributed by atoms with Gasteiger partial charge in [0.2, 0.25) is 0 Å². The zero-order valence-electron chi connectivity index (χ0n) is 10.8. The summed E-state index contributed by atoms with van der Waals surface area (Å²) < 4.78 is 5.10. The lowest BCUT2D eigenvalue weighted by atomic mass is 10.2. The summed E-state index contributed by atoms with van der Waals surface area (Å²) in [6.45, 7) is 3.28. The van der Waals surface area contributed by atoms with E-state index in [0.717, 1.165) is 6.54 Å². The van der Waals surface area contributed by atoms with Crippen LogP contribution in [0.3, 0.4) is 0 Å². The van der Waals surface area contributed by atoms with Crippen LogP contribution in [-0.4, -0.2) is 30.6 Å². The number of esters is 1. The first-order valence-electron chi connectivity index (χ1n) is 5.90. The minimum Gasteiger partial charge on any atom is -0.461 e. The highest BCUT2D eigenvalue weighted by Gasteiger charge is 2.11. The molecule has 0 aliphatic rings. The highest BCUT2D eigenvalue weighted by molar-refractivity contribution is 5.71. The first kappa shape index (κ1) is 14.2. The fourth-order valence-electron chi connectivity index (χ4n) is 1.77. The summed E-state index contributed by atoms with van der Waals surface area (Å²) >= 11 is 0. The van der Waals surface area contributed by atoms with Crippen molar-refractivity contribution in [1.29, 1.82) is 5.26 Å². The number of hydrogen-bond donors (Lipinski definition) is 0. The first-order chi connectivity index (χ1) is 8.61. The maximum absolute atomic E-state index is 11.1. The lowest BCUT2D eigenvalue weighted by molar-refractivity contribution is -0.147. The van der Waals surface area contributed by atoms with Gasteiger partial charge >= 0.3 is 5.97 Å². The molecule has 0 saturated carbocycles. The Hall–Kier alpha value is -1.86. The Morgan fingerprint density at radius 2 is 2.11 bits per heavy atom. The summed E-state index contributed by atoms with van der Waals surface area (Å²) in [7, 11) is 1.97. The van der Waals surface area contributed by atoms with Crippen LogP contribution >= 0.6 is 0 Å². The van der Waals surface area contributed by atoms with Gasteiger partial charge in [-0.25, -0.2) is 0 Å². The predicted molar refractivity (Wildman–Crippen MR) is 68.6 cm³/mol. The standard InChI is InChI=1S/C14H18N2O2/c1-12(18-14(17)8-9-15)10-16(2)11-13-6-4-3-5-7-13/h3-7,12H,8,10-11H2,1-2H3. The Bertz CT molecular complexity index is 412. The lowest BCUT2D eigenvalue weighted by Crippen LogP contribution is -2.30. The van der Waals surface area contributed by atoms with Crippen molar-refractivity contribution in [3.05, 3.63) is 35.9 Å². The molecule has 0 amide bonds. The fourth-order valence-corrected chi connectivity index (χ4v) is 1.77. The van der Waals surface area contributed by atoms with Gasteiger partial charge in [-0.1, -0.05) is 30.3 Å². The second-order valence-electron chi connectivity index (χ2n) is 4.32. The summed E-state index contributed by atoms with van der Waals surface area (Å²) in [6.07, 6.45) is -0.396. The summed E-state index contributed by atoms with van der Waals surface area (Å²) in [5, 5.41) is 8.37. The third kappa shape index (κ3) is 5.46. The van der Waals surface area contributed by atoms with Gasteiger partial charge in [-0.15, -0.1) is 0 Å². The van der Waals surface area contributed by atoms with Gasteiger partial charge in [-0.05, 0) is 19.5 Å². The van der Waals surface area contributed by atoms with Gasteiger partial charge < -0.3 is 4.74 Å². The summed E-state index contributed by atoms with van der Waals surface area (Å²) in [5.74, 6) is -0.460. The van der Waals surface area contributed by atoms with Crippen molar-refractivity contribution in [2.75, 3.05) is 13.6 Å². The summed E-state index contributed by atoms with van der Waals surface area (Å²) in [5.41, 5.74) is 1.22. The largest absolute Gasteiger partial charge is 0.461 e. The fraction of sp³-hybridized carbons (Fsp3) is 0.429. The van der Waals surface area contributed by atoms with E-state index in [9.17, 15) is 4.79 Å². The van der Waals surface area contributed by atoms with E-state index in [0.29, 0.717) is 6.54 Å². The molecular formula is C14H18N2O2. The number of carbonyl (C=O) groups is 1. The lowest BCUT2D eigenvalue weighted by Gasteiger charge is -2.21. The average molecular weight is 246 g/mol. The van der Waals surface area contributed by atoms with Crippen LogP contribution in [0, 0.1) is 11.3 Å². The molecule has 0 aromatic heterocycles. The minimum atomic E-state index is -0.460. The number of benzene rings is 1. The Morgan fingerprint density at radius 1 is 1.44 bits per heavy atom. The molecule has 1 rings (SSSR count). The summed E-state index contributed by atoms with van der Waals surface area (Å²) in [6, 6.07) is 11.9. The number of likely N-dealkylation sites (N-methyl/N-ethyl adjacent to an activating group) is 1. The van der Waals surface area contributed by atoms with Gasteiger partial charge in [0.25, 0.3) is 0 Å². The third-order valence-corrected chi connectivity index (χ3v) is 2.42. The number of hydrogen-bond acceptors (Lipinski definition) is 4. The minimum absolute atomic E-state index is 0.188. The smallest absolute Gasteiger partial charge is 0.320 e. The monoisotopic (exact) mass is 246 g/mol. The van der Waals surface area contributed by atoms with Crippen LogP contribution < -0.4 is 0 Å². The predicted octanol–water partition coefficient (Wildman–Crippen LogP) is 1.96. The van der Waals surface area contributed by atoms with Gasteiger partial charge in [0.15, 0.2) is 0 Å². The normalized spacial score (nSPS) is 11.9. The molecule has 0 heterocycles. The summed E-state index contributed by atoms with van der Waals surface area (Å²) in [4.78, 5) is 13.2. The zero-order chi connectivity index (χ0) is 13.4. The maximum atomic E-state index is 11.1. The van der Waals surface area contributed by atoms with E-state index < -0.39 is 5.97 Å². The van der Waals surface area contributed by atoms with Crippen molar-refractivity contribution in [3.8, 4) is 6.07 Å². The van der Waals surface area contributed by atoms with Gasteiger partial charge in [0, 0.05) is 13.1 Å². The van der Waals surface area contributed by atoms with Crippen LogP contribution in [0.1, 0.15) is 18.9 Å². The van der Waals surface area contributed by atoms with E-state index >= 15 is 0 Å². The Balaban J connectivity index is 2.34. The molecule has 0 spiro atoms. The van der Waals surface area contributed by atoms with Crippen molar-refractivity contribution in [3.63, 3.8) is 0 Å². The van der Waals surface area contributed by atoms with Crippen LogP contribution in [0.5, 0.6) is 0 Å². The number of nitrogens with zero attached hydrogens (tertiary/aromatic N) is 2. The van der Waals surface area contributed by atoms with Gasteiger partial charge in [0.05, 0.1) is 6.07 Å². The highest BCUT2D eigenvalue weighted by atomic mass is 16.5. The molecule has 1 atom stereocenters. The molecule has 0 aliphatic carbocycles. The van der Waals surface area contributed by atoms with E-state index in [2.05, 4.69) is 17.0 Å². The van der Waals surface area contributed by atoms with Crippen LogP contribution in [0.25, 0.3) is 0 Å². The number of nitriles is 1. The molecule has 1 aromatic carbocycles. The third-order valence-electron chi connectivity index (χ3n) is 2.42. The van der Waals surface area contributed by atoms with Gasteiger partial charge in [-0.3, -0.25) is 9.69 Å². The van der Waals surface area contributed by atoms with Crippen molar-refractivity contribution < 1.29 is 9.53 Å². The van der Waals surface area contributed by atoms with Crippen LogP contribution in [0.4, 0.5) is 0 Å². The van der Waals surface area contributed by atoms with Crippen LogP contribution in [0.2, 0.25) is 0 Å². The van der Waals surface area contributed by atoms with E-state index in [1.54, 1.807) is 6.07 Å². The molecule has 0 radical (unpaired) electrons. The molecule has 0 N–H and O–H groups in total. The molecule has 1 unspecified atom stereocenters. The van der Waals surface area contributed by atoms with Crippen molar-refractivity contribution >= 4 is 5.97 Å². The molecule has 0 saturated heterocycles. The molecule has 0 aliphatic heterocycles. The van der Waals surface area contributed by atoms with Gasteiger partial charge in [-0.2, -0.15) is 5.26 Å². The van der Waals surface area contributed by atoms with E-state index in [4.69, 9.17) is 10.00 Å². The topological polar surface area (TPSA) is 53.3 Å². The van der Waals surface area contributed by atoms with Crippen molar-refractivity contribution in [2.45, 2.75) is 26.0 Å². The quantitative estimate of drug-likeness (QED) is 0.720. The second-order valence-corrected chi connectivity index (χ2v) is 4.32. The average Bonchev–Trinajstić information content (AvgIpc) is 2.29. The van der Waals surface area contributed by atoms with Crippen LogP contribution in [-0.2, 0) is 16.1 Å². The Morgan fingerprint density at radius 3 is 2.72 bits per heavy atom. The van der Waals surface area contributed by atoms with Crippen molar-refractivity contribution in [2.24, 2.45) is 0 Å². The molecule has 18 heavy (non-hydrogen) atoms. The molecule has 4 heteroatoms. The SMILES string of the molecule is CC(CN(C)Cc1ccccc1)OC(=O)CC#N. The first-order valence-corrected chi connectivity index (χ1v) is 5.90. The van der Waals surface area contributed by atoms with E-state index in [-0.39, 0.29) is 12.5 Å². The second kappa shape index (κ2) is 7.46. The van der Waals surface area contributed by atoms with Crippen LogP contribution in [0.15, 0.2) is 30.3 Å². The number of carbonyl (C=O) groups excluding carboxylic acids is 1. The van der Waals surface area contributed by atoms with Crippen molar-refractivity contribution in [1.82, 2.24) is 4.90 Å². The Kier molecular flexibility index (Phi) is 5.89. The number of rotatable bonds is 6. The molecule has 1 aromatic rings. The highest BCUT2D eigenvalue weighted by Crippen LogP contribution is 2.04. The Labute approximate surface area is 108 Å². The van der Waals surface area contributed by atoms with E-state index in [1.165, 1.54) is 5.56 Å². The maximum Gasteiger partial charge on any atom is 0.320 e. The molecular weight excluding hydrogens is 228 g/mol. The van der Waals surface area contributed by atoms with Gasteiger partial charge in [0.1, 0.15) is 12.5 Å². The molecule has 96 valence electrons. The molecule has 0 bridgehead atoms.